The van der Waals surface area contributed by atoms with Gasteiger partial charge < -0.3 is 9.73 Å². The van der Waals surface area contributed by atoms with Crippen molar-refractivity contribution in [2.45, 2.75) is 13.8 Å². The van der Waals surface area contributed by atoms with Crippen LogP contribution in [0, 0.1) is 13.8 Å². The predicted molar refractivity (Wildman–Crippen MR) is 103 cm³/mol. The lowest BCUT2D eigenvalue weighted by molar-refractivity contribution is 0.563. The van der Waals surface area contributed by atoms with Crippen LogP contribution in [-0.4, -0.2) is 4.98 Å². The number of thiazole rings is 1. The van der Waals surface area contributed by atoms with E-state index in [1.54, 1.807) is 6.07 Å². The molecule has 0 atom stereocenters. The van der Waals surface area contributed by atoms with Crippen molar-refractivity contribution in [1.29, 1.82) is 0 Å². The van der Waals surface area contributed by atoms with Gasteiger partial charge in [-0.05, 0) is 49.2 Å². The van der Waals surface area contributed by atoms with Crippen molar-refractivity contribution in [2.75, 3.05) is 5.32 Å². The molecule has 5 heteroatoms. The van der Waals surface area contributed by atoms with Gasteiger partial charge in [0.25, 0.3) is 0 Å². The fourth-order valence-corrected chi connectivity index (χ4v) is 3.60. The summed E-state index contributed by atoms with van der Waals surface area (Å²) in [5.74, 6) is 0. The molecule has 0 saturated heterocycles. The number of nitrogens with zero attached hydrogens (tertiary/aromatic N) is 1. The van der Waals surface area contributed by atoms with Crippen molar-refractivity contribution < 1.29 is 4.42 Å². The van der Waals surface area contributed by atoms with Gasteiger partial charge in [-0.2, -0.15) is 0 Å². The summed E-state index contributed by atoms with van der Waals surface area (Å²) in [6.07, 6.45) is 0. The van der Waals surface area contributed by atoms with Gasteiger partial charge in [-0.15, -0.1) is 11.3 Å². The first-order valence-electron chi connectivity index (χ1n) is 7.92. The number of nitrogens with one attached hydrogen (secondary N) is 1. The van der Waals surface area contributed by atoms with E-state index in [1.165, 1.54) is 22.5 Å². The highest BCUT2D eigenvalue weighted by molar-refractivity contribution is 7.14. The molecule has 124 valence electrons. The van der Waals surface area contributed by atoms with E-state index < -0.39 is 0 Å². The van der Waals surface area contributed by atoms with Crippen molar-refractivity contribution in [2.24, 2.45) is 0 Å². The molecule has 4 nitrogen and oxygen atoms in total. The van der Waals surface area contributed by atoms with Gasteiger partial charge in [0.15, 0.2) is 5.13 Å². The monoisotopic (exact) mass is 348 g/mol. The molecule has 0 radical (unpaired) electrons. The van der Waals surface area contributed by atoms with E-state index in [0.29, 0.717) is 16.8 Å². The molecule has 0 amide bonds. The van der Waals surface area contributed by atoms with Gasteiger partial charge in [-0.25, -0.2) is 9.78 Å². The topological polar surface area (TPSA) is 55.1 Å². The Hall–Kier alpha value is -2.92. The second-order valence-electron chi connectivity index (χ2n) is 6.02. The van der Waals surface area contributed by atoms with Gasteiger partial charge in [-0.3, -0.25) is 0 Å². The SMILES string of the molecule is Cc1cc(C)cc(Nc2nc(-c3cc4ccccc4oc3=O)cs2)c1. The van der Waals surface area contributed by atoms with Gasteiger partial charge in [0.05, 0.1) is 11.3 Å². The van der Waals surface area contributed by atoms with Crippen molar-refractivity contribution in [1.82, 2.24) is 4.98 Å². The largest absolute Gasteiger partial charge is 0.422 e. The Morgan fingerprint density at radius 2 is 1.80 bits per heavy atom. The van der Waals surface area contributed by atoms with Crippen molar-refractivity contribution >= 4 is 33.1 Å². The summed E-state index contributed by atoms with van der Waals surface area (Å²) in [5.41, 5.74) is 4.68. The summed E-state index contributed by atoms with van der Waals surface area (Å²) in [4.78, 5) is 16.8. The van der Waals surface area contributed by atoms with Crippen molar-refractivity contribution in [3.05, 3.63) is 75.5 Å². The van der Waals surface area contributed by atoms with E-state index in [-0.39, 0.29) is 5.63 Å². The Balaban J connectivity index is 1.69. The second kappa shape index (κ2) is 6.18. The van der Waals surface area contributed by atoms with Crippen molar-refractivity contribution in [3.8, 4) is 11.3 Å². The molecule has 2 aromatic carbocycles. The number of para-hydroxylation sites is 1. The maximum absolute atomic E-state index is 12.3. The Morgan fingerprint density at radius 1 is 1.04 bits per heavy atom. The summed E-state index contributed by atoms with van der Waals surface area (Å²) in [5, 5.41) is 6.80. The van der Waals surface area contributed by atoms with Gasteiger partial charge in [0, 0.05) is 16.5 Å². The average molecular weight is 348 g/mol. The van der Waals surface area contributed by atoms with Crippen LogP contribution in [0.2, 0.25) is 0 Å². The fraction of sp³-hybridized carbons (Fsp3) is 0.100. The average Bonchev–Trinajstić information content (AvgIpc) is 3.01. The molecule has 0 aliphatic carbocycles. The number of fused-ring (bicyclic) bond motifs is 1. The number of rotatable bonds is 3. The third kappa shape index (κ3) is 3.19. The van der Waals surface area contributed by atoms with Crippen LogP contribution in [-0.2, 0) is 0 Å². The molecule has 0 bridgehead atoms. The quantitative estimate of drug-likeness (QED) is 0.512. The second-order valence-corrected chi connectivity index (χ2v) is 6.88. The lowest BCUT2D eigenvalue weighted by atomic mass is 10.1. The number of benzene rings is 2. The van der Waals surface area contributed by atoms with Crippen LogP contribution in [0.4, 0.5) is 10.8 Å². The third-order valence-corrected chi connectivity index (χ3v) is 4.65. The first-order valence-corrected chi connectivity index (χ1v) is 8.80. The molecule has 4 aromatic rings. The Bertz CT molecular complexity index is 1110. The summed E-state index contributed by atoms with van der Waals surface area (Å²) in [6, 6.07) is 15.6. The summed E-state index contributed by atoms with van der Waals surface area (Å²) < 4.78 is 5.39. The first-order chi connectivity index (χ1) is 12.1. The van der Waals surface area contributed by atoms with Crippen LogP contribution in [0.5, 0.6) is 0 Å². The minimum absolute atomic E-state index is 0.373. The fourth-order valence-electron chi connectivity index (χ4n) is 2.87. The highest BCUT2D eigenvalue weighted by Gasteiger charge is 2.11. The Labute approximate surface area is 148 Å². The van der Waals surface area contributed by atoms with E-state index >= 15 is 0 Å². The van der Waals surface area contributed by atoms with Gasteiger partial charge >= 0.3 is 5.63 Å². The molecular formula is C20H16N2O2S. The lowest BCUT2D eigenvalue weighted by Gasteiger charge is -2.05. The van der Waals surface area contributed by atoms with Gasteiger partial charge in [-0.1, -0.05) is 24.3 Å². The van der Waals surface area contributed by atoms with Crippen LogP contribution in [0.1, 0.15) is 11.1 Å². The number of hydrogen-bond acceptors (Lipinski definition) is 5. The van der Waals surface area contributed by atoms with Gasteiger partial charge in [0.2, 0.25) is 0 Å². The van der Waals surface area contributed by atoms with E-state index in [9.17, 15) is 4.79 Å². The van der Waals surface area contributed by atoms with Crippen LogP contribution in [0.3, 0.4) is 0 Å². The molecule has 25 heavy (non-hydrogen) atoms. The summed E-state index contributed by atoms with van der Waals surface area (Å²) >= 11 is 1.46. The minimum Gasteiger partial charge on any atom is -0.422 e. The zero-order chi connectivity index (χ0) is 17.4. The van der Waals surface area contributed by atoms with E-state index in [4.69, 9.17) is 4.42 Å². The zero-order valence-corrected chi connectivity index (χ0v) is 14.7. The molecule has 0 aliphatic heterocycles. The number of anilines is 2. The lowest BCUT2D eigenvalue weighted by Crippen LogP contribution is -2.02. The van der Waals surface area contributed by atoms with Crippen molar-refractivity contribution in [3.63, 3.8) is 0 Å². The van der Waals surface area contributed by atoms with Crippen LogP contribution >= 0.6 is 11.3 Å². The molecule has 2 aromatic heterocycles. The molecule has 2 heterocycles. The molecule has 0 fully saturated rings. The molecule has 0 unspecified atom stereocenters. The van der Waals surface area contributed by atoms with Crippen LogP contribution in [0.15, 0.2) is 63.1 Å². The Kier molecular flexibility index (Phi) is 3.86. The van der Waals surface area contributed by atoms with Crippen LogP contribution in [0.25, 0.3) is 22.2 Å². The standard InChI is InChI=1S/C20H16N2O2S/c1-12-7-13(2)9-15(8-12)21-20-22-17(11-25-20)16-10-14-5-3-4-6-18(14)24-19(16)23/h3-11H,1-2H3,(H,21,22). The normalized spacial score (nSPS) is 11.0. The smallest absolute Gasteiger partial charge is 0.345 e. The molecule has 1 N–H and O–H groups in total. The molecule has 0 saturated carbocycles. The zero-order valence-electron chi connectivity index (χ0n) is 13.9. The number of aromatic nitrogens is 1. The molecule has 0 aliphatic rings. The van der Waals surface area contributed by atoms with E-state index in [1.807, 2.05) is 29.6 Å². The maximum Gasteiger partial charge on any atom is 0.345 e. The highest BCUT2D eigenvalue weighted by atomic mass is 32.1. The van der Waals surface area contributed by atoms with Gasteiger partial charge in [0.1, 0.15) is 5.58 Å². The number of aryl methyl sites for hydroxylation is 2. The molecule has 0 spiro atoms. The van der Waals surface area contributed by atoms with E-state index in [0.717, 1.165) is 16.2 Å². The molecular weight excluding hydrogens is 332 g/mol. The number of hydrogen-bond donors (Lipinski definition) is 1. The van der Waals surface area contributed by atoms with Crippen LogP contribution < -0.4 is 10.9 Å². The summed E-state index contributed by atoms with van der Waals surface area (Å²) in [7, 11) is 0. The molecule has 4 rings (SSSR count). The summed E-state index contributed by atoms with van der Waals surface area (Å²) in [6.45, 7) is 4.12. The minimum atomic E-state index is -0.373. The first kappa shape index (κ1) is 15.6. The van der Waals surface area contributed by atoms with E-state index in [2.05, 4.69) is 42.3 Å². The Morgan fingerprint density at radius 3 is 2.60 bits per heavy atom. The maximum atomic E-state index is 12.3. The predicted octanol–water partition coefficient (Wildman–Crippen LogP) is 5.28. The highest BCUT2D eigenvalue weighted by Crippen LogP contribution is 2.28. The third-order valence-electron chi connectivity index (χ3n) is 3.89.